The lowest BCUT2D eigenvalue weighted by atomic mass is 10.0. The van der Waals surface area contributed by atoms with Crippen molar-refractivity contribution in [2.75, 3.05) is 62.2 Å². The van der Waals surface area contributed by atoms with E-state index in [1.165, 1.54) is 12.1 Å². The fourth-order valence-corrected chi connectivity index (χ4v) is 10.9. The van der Waals surface area contributed by atoms with Gasteiger partial charge >= 0.3 is 13.2 Å². The molecular weight excluding hydrogens is 989 g/mol. The number of nitrogens with zero attached hydrogens (tertiary/aromatic N) is 12. The molecule has 76 heavy (non-hydrogen) atoms. The Morgan fingerprint density at radius 2 is 0.868 bits per heavy atom. The van der Waals surface area contributed by atoms with Gasteiger partial charge in [0.2, 0.25) is 23.7 Å². The molecule has 2 saturated heterocycles. The maximum atomic E-state index is 13.1. The van der Waals surface area contributed by atoms with E-state index in [-0.39, 0.29) is 46.5 Å². The summed E-state index contributed by atoms with van der Waals surface area (Å²) in [5.74, 6) is 1.57. The number of halogens is 4. The molecule has 0 saturated carbocycles. The zero-order chi connectivity index (χ0) is 52.8. The average Bonchev–Trinajstić information content (AvgIpc) is 4.33. The highest BCUT2D eigenvalue weighted by Crippen LogP contribution is 2.39. The Morgan fingerprint density at radius 1 is 0.500 bits per heavy atom. The number of fused-ring (bicyclic) bond motifs is 6. The lowest BCUT2D eigenvalue weighted by Crippen LogP contribution is -2.48. The number of carbonyl (C=O) groups is 2. The summed E-state index contributed by atoms with van der Waals surface area (Å²) < 4.78 is 68.9. The van der Waals surface area contributed by atoms with Gasteiger partial charge in [0.15, 0.2) is 0 Å². The van der Waals surface area contributed by atoms with Crippen molar-refractivity contribution < 1.29 is 36.6 Å². The van der Waals surface area contributed by atoms with Gasteiger partial charge in [0.25, 0.3) is 11.1 Å². The van der Waals surface area contributed by atoms with Crippen LogP contribution in [-0.2, 0) is 22.7 Å². The molecule has 12 rings (SSSR count). The Labute approximate surface area is 431 Å². The summed E-state index contributed by atoms with van der Waals surface area (Å²) in [5.41, 5.74) is 5.69. The fraction of sp³-hybridized carbons (Fsp3) is 0.333. The van der Waals surface area contributed by atoms with Crippen LogP contribution in [0.5, 0.6) is 11.5 Å². The monoisotopic (exact) mass is 1040 g/mol. The Hall–Kier alpha value is -8.56. The molecule has 4 aliphatic rings. The lowest BCUT2D eigenvalue weighted by Gasteiger charge is -2.34. The predicted octanol–water partition coefficient (Wildman–Crippen LogP) is 7.05. The van der Waals surface area contributed by atoms with Crippen LogP contribution in [0.4, 0.5) is 29.5 Å². The molecule has 8 heterocycles. The van der Waals surface area contributed by atoms with Crippen LogP contribution in [0.15, 0.2) is 119 Å². The highest BCUT2D eigenvalue weighted by Gasteiger charge is 2.33. The first-order valence-electron chi connectivity index (χ1n) is 25.0. The molecule has 1 unspecified atom stereocenters. The number of alkyl halides is 4. The highest BCUT2D eigenvalue weighted by atomic mass is 19.3. The van der Waals surface area contributed by atoms with Gasteiger partial charge < -0.3 is 29.1 Å². The predicted molar refractivity (Wildman–Crippen MR) is 275 cm³/mol. The van der Waals surface area contributed by atoms with Crippen LogP contribution in [0, 0.1) is 0 Å². The molecule has 4 aromatic carbocycles. The third-order valence-electron chi connectivity index (χ3n) is 14.7. The van der Waals surface area contributed by atoms with Crippen LogP contribution in [0.1, 0.15) is 49.9 Å². The van der Waals surface area contributed by atoms with E-state index in [9.17, 15) is 36.7 Å². The van der Waals surface area contributed by atoms with Crippen molar-refractivity contribution in [2.24, 2.45) is 0 Å². The fourth-order valence-electron chi connectivity index (χ4n) is 10.9. The Balaban J connectivity index is 0.000000162. The van der Waals surface area contributed by atoms with Crippen LogP contribution in [0.25, 0.3) is 44.1 Å². The minimum absolute atomic E-state index is 0.0693. The summed E-state index contributed by atoms with van der Waals surface area (Å²) >= 11 is 0. The number of anilines is 2. The van der Waals surface area contributed by atoms with E-state index in [0.29, 0.717) is 123 Å². The van der Waals surface area contributed by atoms with Gasteiger partial charge in [0.05, 0.1) is 33.9 Å². The van der Waals surface area contributed by atoms with Crippen LogP contribution < -0.4 is 30.4 Å². The second kappa shape index (κ2) is 20.6. The molecule has 4 aromatic heterocycles. The summed E-state index contributed by atoms with van der Waals surface area (Å²) in [6.45, 7) is 3.46. The van der Waals surface area contributed by atoms with Gasteiger partial charge in [-0.1, -0.05) is 48.5 Å². The van der Waals surface area contributed by atoms with E-state index in [1.54, 1.807) is 96.5 Å². The van der Waals surface area contributed by atoms with Crippen molar-refractivity contribution in [3.8, 4) is 33.8 Å². The van der Waals surface area contributed by atoms with Gasteiger partial charge in [-0.3, -0.25) is 28.5 Å². The number of benzene rings is 4. The quantitative estimate of drug-likeness (QED) is 0.128. The summed E-state index contributed by atoms with van der Waals surface area (Å²) in [7, 11) is 0. The number of para-hydroxylation sites is 2. The molecule has 392 valence electrons. The van der Waals surface area contributed by atoms with Crippen molar-refractivity contribution in [1.29, 1.82) is 0 Å². The van der Waals surface area contributed by atoms with E-state index in [0.717, 1.165) is 22.3 Å². The Kier molecular flexibility index (Phi) is 13.5. The van der Waals surface area contributed by atoms with Crippen LogP contribution in [0.2, 0.25) is 0 Å². The van der Waals surface area contributed by atoms with E-state index >= 15 is 0 Å². The number of carbonyl (C=O) groups excluding carboxylic acids is 2. The number of rotatable bonds is 10. The second-order valence-corrected chi connectivity index (χ2v) is 19.0. The van der Waals surface area contributed by atoms with E-state index in [4.69, 9.17) is 9.47 Å². The average molecular weight is 1040 g/mol. The first-order chi connectivity index (χ1) is 36.8. The number of amides is 2. The van der Waals surface area contributed by atoms with Crippen molar-refractivity contribution in [3.05, 3.63) is 142 Å². The number of hydrogen-bond acceptors (Lipinski definition) is 12. The minimum Gasteiger partial charge on any atom is -0.434 e. The van der Waals surface area contributed by atoms with E-state index < -0.39 is 13.2 Å². The molecule has 0 bridgehead atoms. The highest BCUT2D eigenvalue weighted by molar-refractivity contribution is 5.86. The molecule has 22 heteroatoms. The van der Waals surface area contributed by atoms with Gasteiger partial charge in [0, 0.05) is 126 Å². The molecule has 4 aliphatic heterocycles. The van der Waals surface area contributed by atoms with Gasteiger partial charge in [-0.2, -0.15) is 17.6 Å². The zero-order valence-corrected chi connectivity index (χ0v) is 41.5. The van der Waals surface area contributed by atoms with Crippen LogP contribution in [-0.4, -0.2) is 126 Å². The first kappa shape index (κ1) is 49.6. The normalized spacial score (nSPS) is 17.3. The van der Waals surface area contributed by atoms with Gasteiger partial charge in [0.1, 0.15) is 11.5 Å². The SMILES string of the molecule is CC(=O)N1CCN(c2ncc(-c3ccc4c(=O)n5n(c4c3)C(c3ccccc3OC(F)F)CC5)cn2)CC1.CC(=O)N1CCN(c2ncc(-c3ccc4c(=O)n5n(c4c3)[C@H](c3ccccc3OC(F)F)CC5)cn2)CC1. The summed E-state index contributed by atoms with van der Waals surface area (Å²) in [6.07, 6.45) is 8.19. The van der Waals surface area contributed by atoms with Crippen molar-refractivity contribution in [3.63, 3.8) is 0 Å². The van der Waals surface area contributed by atoms with Gasteiger partial charge in [-0.05, 0) is 60.4 Å². The number of aromatic nitrogens is 8. The van der Waals surface area contributed by atoms with Crippen molar-refractivity contribution in [2.45, 2.75) is 65.1 Å². The molecule has 0 radical (unpaired) electrons. The molecule has 0 aliphatic carbocycles. The molecule has 18 nitrogen and oxygen atoms in total. The molecule has 2 atom stereocenters. The third kappa shape index (κ3) is 9.47. The smallest absolute Gasteiger partial charge is 0.387 e. The Morgan fingerprint density at radius 3 is 1.22 bits per heavy atom. The van der Waals surface area contributed by atoms with Crippen molar-refractivity contribution in [1.82, 2.24) is 48.5 Å². The summed E-state index contributed by atoms with van der Waals surface area (Å²) in [5, 5.41) is 1.12. The standard InChI is InChI=1S/2C27H26F2N6O3/c2*1-17(36)32-10-12-33(13-11-32)27-30-15-19(16-31-27)18-6-7-21-23(14-18)35-22(8-9-34(35)25(21)37)20-4-2-3-5-24(20)38-26(28)29/h2*2-7,14-16,22,26H,8-13H2,1H3/t22-;/m0./s1. The maximum absolute atomic E-state index is 13.1. The first-order valence-corrected chi connectivity index (χ1v) is 25.0. The summed E-state index contributed by atoms with van der Waals surface area (Å²) in [6, 6.07) is 24.0. The van der Waals surface area contributed by atoms with E-state index in [1.807, 2.05) is 43.4 Å². The van der Waals surface area contributed by atoms with Gasteiger partial charge in [-0.15, -0.1) is 0 Å². The van der Waals surface area contributed by atoms with Gasteiger partial charge in [-0.25, -0.2) is 29.3 Å². The molecular formula is C54H52F4N12O6. The number of piperazine rings is 2. The molecule has 8 aromatic rings. The molecule has 0 N–H and O–H groups in total. The number of hydrogen-bond donors (Lipinski definition) is 0. The van der Waals surface area contributed by atoms with E-state index in [2.05, 4.69) is 29.7 Å². The maximum Gasteiger partial charge on any atom is 0.387 e. The summed E-state index contributed by atoms with van der Waals surface area (Å²) in [4.78, 5) is 75.4. The largest absolute Gasteiger partial charge is 0.434 e. The lowest BCUT2D eigenvalue weighted by molar-refractivity contribution is -0.129. The molecule has 0 spiro atoms. The third-order valence-corrected chi connectivity index (χ3v) is 14.7. The van der Waals surface area contributed by atoms with Crippen LogP contribution in [0.3, 0.4) is 0 Å². The molecule has 2 amide bonds. The molecule has 2 fully saturated rings. The minimum atomic E-state index is -2.94. The Bertz CT molecular complexity index is 3350. The van der Waals surface area contributed by atoms with Crippen molar-refractivity contribution >= 4 is 45.5 Å². The topological polar surface area (TPSA) is 171 Å². The second-order valence-electron chi connectivity index (χ2n) is 19.0. The van der Waals surface area contributed by atoms with Crippen LogP contribution >= 0.6 is 0 Å². The zero-order valence-electron chi connectivity index (χ0n) is 41.5. The number of ether oxygens (including phenoxy) is 2.